The second-order valence-electron chi connectivity index (χ2n) is 5.25. The van der Waals surface area contributed by atoms with E-state index in [1.54, 1.807) is 12.4 Å². The topological polar surface area (TPSA) is 63.1 Å². The Kier molecular flexibility index (Phi) is 3.96. The van der Waals surface area contributed by atoms with E-state index in [2.05, 4.69) is 20.6 Å². The first-order valence-corrected chi connectivity index (χ1v) is 7.27. The number of carbonyl (C=O) groups excluding carboxylic acids is 1. The molecule has 2 aromatic rings. The zero-order valence-corrected chi connectivity index (χ0v) is 12.1. The fourth-order valence-electron chi connectivity index (χ4n) is 2.68. The van der Waals surface area contributed by atoms with Crippen LogP contribution in [0.1, 0.15) is 35.2 Å². The molecule has 0 spiro atoms. The fraction of sp³-hybridized carbons (Fsp3) is 0.400. The number of anilines is 1. The summed E-state index contributed by atoms with van der Waals surface area (Å²) >= 11 is 0. The molecule has 0 atom stereocenters. The number of rotatable bonds is 3. The Bertz CT molecular complexity index is 615. The SMILES string of the molecule is Cc1cc(C=O)c(-n2nccn2)cc1N1CCCCCN1. The van der Waals surface area contributed by atoms with Gasteiger partial charge in [0.25, 0.3) is 0 Å². The van der Waals surface area contributed by atoms with E-state index in [1.165, 1.54) is 17.6 Å². The Morgan fingerprint density at radius 2 is 1.95 bits per heavy atom. The van der Waals surface area contributed by atoms with E-state index in [-0.39, 0.29) is 0 Å². The monoisotopic (exact) mass is 285 g/mol. The Morgan fingerprint density at radius 3 is 2.71 bits per heavy atom. The van der Waals surface area contributed by atoms with Gasteiger partial charge in [-0.25, -0.2) is 5.43 Å². The lowest BCUT2D eigenvalue weighted by Crippen LogP contribution is -2.38. The van der Waals surface area contributed by atoms with Gasteiger partial charge in [0.15, 0.2) is 6.29 Å². The van der Waals surface area contributed by atoms with Crippen molar-refractivity contribution in [1.29, 1.82) is 0 Å². The molecule has 21 heavy (non-hydrogen) atoms. The van der Waals surface area contributed by atoms with Crippen LogP contribution in [0.4, 0.5) is 5.69 Å². The number of benzene rings is 1. The number of hydrogen-bond donors (Lipinski definition) is 1. The molecule has 0 amide bonds. The molecule has 2 heterocycles. The molecule has 0 aliphatic carbocycles. The van der Waals surface area contributed by atoms with Crippen molar-refractivity contribution in [3.05, 3.63) is 35.7 Å². The lowest BCUT2D eigenvalue weighted by molar-refractivity contribution is 0.112. The number of hydrazine groups is 1. The van der Waals surface area contributed by atoms with Gasteiger partial charge in [-0.1, -0.05) is 6.42 Å². The molecule has 0 radical (unpaired) electrons. The highest BCUT2D eigenvalue weighted by atomic mass is 16.1. The lowest BCUT2D eigenvalue weighted by Gasteiger charge is -2.26. The van der Waals surface area contributed by atoms with Gasteiger partial charge in [-0.05, 0) is 37.5 Å². The molecule has 1 aliphatic heterocycles. The highest BCUT2D eigenvalue weighted by Crippen LogP contribution is 2.26. The van der Waals surface area contributed by atoms with Crippen LogP contribution in [-0.2, 0) is 0 Å². The number of aldehydes is 1. The summed E-state index contributed by atoms with van der Waals surface area (Å²) in [6.07, 6.45) is 7.66. The number of nitrogens with one attached hydrogen (secondary N) is 1. The summed E-state index contributed by atoms with van der Waals surface area (Å²) < 4.78 is 0. The average molecular weight is 285 g/mol. The van der Waals surface area contributed by atoms with Gasteiger partial charge >= 0.3 is 0 Å². The molecule has 1 fully saturated rings. The summed E-state index contributed by atoms with van der Waals surface area (Å²) in [5.41, 5.74) is 6.90. The Balaban J connectivity index is 2.04. The van der Waals surface area contributed by atoms with Gasteiger partial charge in [0.1, 0.15) is 0 Å². The quantitative estimate of drug-likeness (QED) is 0.872. The van der Waals surface area contributed by atoms with E-state index < -0.39 is 0 Å². The Labute approximate surface area is 123 Å². The molecule has 1 aromatic carbocycles. The van der Waals surface area contributed by atoms with Crippen LogP contribution < -0.4 is 10.4 Å². The highest BCUT2D eigenvalue weighted by Gasteiger charge is 2.16. The van der Waals surface area contributed by atoms with Crippen molar-refractivity contribution in [3.8, 4) is 5.69 Å². The first-order chi connectivity index (χ1) is 10.3. The standard InChI is InChI=1S/C15H19N5O/c1-12-9-13(11-21)15(20-17-6-7-18-20)10-14(12)19-8-4-2-3-5-16-19/h6-7,9-11,16H,2-5,8H2,1H3. The Hall–Kier alpha value is -2.21. The van der Waals surface area contributed by atoms with Gasteiger partial charge in [0.2, 0.25) is 0 Å². The van der Waals surface area contributed by atoms with Crippen molar-refractivity contribution in [2.45, 2.75) is 26.2 Å². The van der Waals surface area contributed by atoms with Crippen LogP contribution in [-0.4, -0.2) is 34.4 Å². The molecule has 0 unspecified atom stereocenters. The Morgan fingerprint density at radius 1 is 1.14 bits per heavy atom. The van der Waals surface area contributed by atoms with E-state index in [4.69, 9.17) is 0 Å². The summed E-state index contributed by atoms with van der Waals surface area (Å²) in [6, 6.07) is 3.88. The van der Waals surface area contributed by atoms with Crippen LogP contribution in [0.15, 0.2) is 24.5 Å². The molecular formula is C15H19N5O. The van der Waals surface area contributed by atoms with Gasteiger partial charge in [0.05, 0.1) is 23.8 Å². The van der Waals surface area contributed by atoms with Crippen molar-refractivity contribution in [1.82, 2.24) is 20.4 Å². The molecule has 0 bridgehead atoms. The maximum Gasteiger partial charge on any atom is 0.152 e. The third kappa shape index (κ3) is 2.80. The number of carbonyl (C=O) groups is 1. The van der Waals surface area contributed by atoms with Crippen LogP contribution in [0.25, 0.3) is 5.69 Å². The van der Waals surface area contributed by atoms with E-state index >= 15 is 0 Å². The second-order valence-corrected chi connectivity index (χ2v) is 5.25. The van der Waals surface area contributed by atoms with E-state index in [1.807, 2.05) is 19.1 Å². The molecule has 6 nitrogen and oxygen atoms in total. The second kappa shape index (κ2) is 6.05. The summed E-state index contributed by atoms with van der Waals surface area (Å²) in [4.78, 5) is 12.8. The van der Waals surface area contributed by atoms with Crippen molar-refractivity contribution >= 4 is 12.0 Å². The summed E-state index contributed by atoms with van der Waals surface area (Å²) in [5, 5.41) is 10.4. The zero-order chi connectivity index (χ0) is 14.7. The zero-order valence-electron chi connectivity index (χ0n) is 12.1. The maximum absolute atomic E-state index is 11.3. The van der Waals surface area contributed by atoms with Crippen molar-refractivity contribution in [3.63, 3.8) is 0 Å². The van der Waals surface area contributed by atoms with E-state index in [9.17, 15) is 4.79 Å². The third-order valence-corrected chi connectivity index (χ3v) is 3.76. The maximum atomic E-state index is 11.3. The van der Waals surface area contributed by atoms with E-state index in [0.717, 1.165) is 37.0 Å². The normalized spacial score (nSPS) is 15.8. The minimum Gasteiger partial charge on any atom is -0.308 e. The molecule has 1 N–H and O–H groups in total. The van der Waals surface area contributed by atoms with Crippen LogP contribution in [0.5, 0.6) is 0 Å². The number of hydrogen-bond acceptors (Lipinski definition) is 5. The third-order valence-electron chi connectivity index (χ3n) is 3.76. The van der Waals surface area contributed by atoms with Crippen LogP contribution >= 0.6 is 0 Å². The number of aromatic nitrogens is 3. The highest BCUT2D eigenvalue weighted by molar-refractivity contribution is 5.83. The summed E-state index contributed by atoms with van der Waals surface area (Å²) in [7, 11) is 0. The van der Waals surface area contributed by atoms with Crippen LogP contribution in [0.2, 0.25) is 0 Å². The summed E-state index contributed by atoms with van der Waals surface area (Å²) in [5.74, 6) is 0. The van der Waals surface area contributed by atoms with Crippen molar-refractivity contribution < 1.29 is 4.79 Å². The molecular weight excluding hydrogens is 266 g/mol. The summed E-state index contributed by atoms with van der Waals surface area (Å²) in [6.45, 7) is 3.96. The van der Waals surface area contributed by atoms with Crippen LogP contribution in [0, 0.1) is 6.92 Å². The van der Waals surface area contributed by atoms with Gasteiger partial charge in [-0.15, -0.1) is 0 Å². The molecule has 3 rings (SSSR count). The largest absolute Gasteiger partial charge is 0.308 e. The first-order valence-electron chi connectivity index (χ1n) is 7.27. The smallest absolute Gasteiger partial charge is 0.152 e. The molecule has 110 valence electrons. The van der Waals surface area contributed by atoms with Crippen molar-refractivity contribution in [2.24, 2.45) is 0 Å². The predicted molar refractivity (Wildman–Crippen MR) is 80.7 cm³/mol. The van der Waals surface area contributed by atoms with Crippen LogP contribution in [0.3, 0.4) is 0 Å². The number of nitrogens with zero attached hydrogens (tertiary/aromatic N) is 4. The van der Waals surface area contributed by atoms with Crippen molar-refractivity contribution in [2.75, 3.05) is 18.1 Å². The fourth-order valence-corrected chi connectivity index (χ4v) is 2.68. The predicted octanol–water partition coefficient (Wildman–Crippen LogP) is 1.88. The van der Waals surface area contributed by atoms with E-state index in [0.29, 0.717) is 11.3 Å². The van der Waals surface area contributed by atoms with Gasteiger partial charge in [-0.2, -0.15) is 15.0 Å². The minimum atomic E-state index is 0.599. The average Bonchev–Trinajstić information content (AvgIpc) is 2.89. The number of aryl methyl sites for hydroxylation is 1. The first kappa shape index (κ1) is 13.8. The molecule has 6 heteroatoms. The molecule has 0 saturated carbocycles. The lowest BCUT2D eigenvalue weighted by atomic mass is 10.1. The van der Waals surface area contributed by atoms with Gasteiger partial charge in [0, 0.05) is 18.7 Å². The molecule has 1 aliphatic rings. The van der Waals surface area contributed by atoms with Gasteiger partial charge in [-0.3, -0.25) is 4.79 Å². The van der Waals surface area contributed by atoms with Gasteiger partial charge < -0.3 is 5.01 Å². The molecule has 1 saturated heterocycles. The minimum absolute atomic E-state index is 0.599. The molecule has 1 aromatic heterocycles.